The molecular formula is C18H17N5S. The molecule has 0 aliphatic carbocycles. The number of nitrogens with one attached hydrogen (secondary N) is 1. The van der Waals surface area contributed by atoms with E-state index >= 15 is 0 Å². The molecule has 5 nitrogen and oxygen atoms in total. The second-order valence-corrected chi connectivity index (χ2v) is 6.56. The summed E-state index contributed by atoms with van der Waals surface area (Å²) in [4.78, 5) is 15.5. The Kier molecular flexibility index (Phi) is 3.74. The summed E-state index contributed by atoms with van der Waals surface area (Å²) < 4.78 is 2.03. The molecular weight excluding hydrogens is 318 g/mol. The summed E-state index contributed by atoms with van der Waals surface area (Å²) in [5.41, 5.74) is 2.95. The van der Waals surface area contributed by atoms with E-state index in [0.29, 0.717) is 5.82 Å². The van der Waals surface area contributed by atoms with Crippen LogP contribution in [0.25, 0.3) is 0 Å². The zero-order chi connectivity index (χ0) is 16.5. The second-order valence-electron chi connectivity index (χ2n) is 5.58. The van der Waals surface area contributed by atoms with Gasteiger partial charge in [-0.15, -0.1) is 11.3 Å². The topological polar surface area (TPSA) is 54.6 Å². The van der Waals surface area contributed by atoms with Crippen molar-refractivity contribution in [2.75, 3.05) is 7.05 Å². The largest absolute Gasteiger partial charge is 0.374 e. The minimum Gasteiger partial charge on any atom is -0.374 e. The van der Waals surface area contributed by atoms with Gasteiger partial charge in [0.1, 0.15) is 11.9 Å². The molecule has 1 aliphatic rings. The van der Waals surface area contributed by atoms with Crippen LogP contribution in [0.1, 0.15) is 22.0 Å². The van der Waals surface area contributed by atoms with Gasteiger partial charge in [-0.25, -0.2) is 9.98 Å². The van der Waals surface area contributed by atoms with Crippen LogP contribution in [0.3, 0.4) is 0 Å². The number of aromatic nitrogens is 2. The normalized spacial score (nSPS) is 16.8. The predicted molar refractivity (Wildman–Crippen MR) is 98.5 cm³/mol. The van der Waals surface area contributed by atoms with Gasteiger partial charge in [0.15, 0.2) is 5.82 Å². The molecule has 0 saturated heterocycles. The fourth-order valence-corrected chi connectivity index (χ4v) is 3.58. The van der Waals surface area contributed by atoms with E-state index < -0.39 is 0 Å². The van der Waals surface area contributed by atoms with Gasteiger partial charge in [0.05, 0.1) is 5.71 Å². The number of aliphatic imine (C=N–C) groups is 2. The molecule has 0 saturated carbocycles. The van der Waals surface area contributed by atoms with Crippen molar-refractivity contribution >= 4 is 28.7 Å². The molecule has 4 rings (SSSR count). The summed E-state index contributed by atoms with van der Waals surface area (Å²) in [6.07, 6.45) is 5.87. The van der Waals surface area contributed by atoms with E-state index in [1.54, 1.807) is 17.5 Å². The van der Waals surface area contributed by atoms with Crippen molar-refractivity contribution in [3.05, 3.63) is 70.3 Å². The van der Waals surface area contributed by atoms with E-state index in [9.17, 15) is 0 Å². The van der Waals surface area contributed by atoms with Gasteiger partial charge >= 0.3 is 0 Å². The lowest BCUT2D eigenvalue weighted by Gasteiger charge is -2.13. The Hall–Kier alpha value is -2.73. The van der Waals surface area contributed by atoms with E-state index in [0.717, 1.165) is 27.6 Å². The minimum absolute atomic E-state index is 0.153. The number of fused-ring (bicyclic) bond motifs is 1. The smallest absolute Gasteiger partial charge is 0.163 e. The van der Waals surface area contributed by atoms with Crippen LogP contribution < -0.4 is 5.32 Å². The van der Waals surface area contributed by atoms with Crippen LogP contribution >= 0.6 is 11.3 Å². The minimum atomic E-state index is -0.153. The molecule has 1 unspecified atom stereocenters. The molecule has 0 aromatic carbocycles. The maximum atomic E-state index is 5.08. The number of nitrogens with zero attached hydrogens (tertiary/aromatic N) is 4. The molecule has 0 amide bonds. The molecule has 4 heterocycles. The summed E-state index contributed by atoms with van der Waals surface area (Å²) in [5.74, 6) is 1.51. The highest BCUT2D eigenvalue weighted by molar-refractivity contribution is 7.10. The third kappa shape index (κ3) is 2.55. The van der Waals surface area contributed by atoms with Crippen molar-refractivity contribution in [2.24, 2.45) is 17.0 Å². The molecule has 6 heteroatoms. The van der Waals surface area contributed by atoms with Crippen LogP contribution in [0.5, 0.6) is 0 Å². The SMILES string of the molecule is CNC1=Nc2ncccc2C(c2ccn(C)c2)=NC1c1cccs1. The number of thiophene rings is 1. The number of pyridine rings is 1. The molecule has 1 aliphatic heterocycles. The Labute approximate surface area is 144 Å². The Morgan fingerprint density at radius 3 is 2.83 bits per heavy atom. The number of aryl methyl sites for hydroxylation is 1. The van der Waals surface area contributed by atoms with Crippen molar-refractivity contribution in [1.29, 1.82) is 0 Å². The first-order valence-electron chi connectivity index (χ1n) is 7.71. The lowest BCUT2D eigenvalue weighted by Crippen LogP contribution is -2.24. The predicted octanol–water partition coefficient (Wildman–Crippen LogP) is 3.32. The van der Waals surface area contributed by atoms with Gasteiger partial charge < -0.3 is 9.88 Å². The quantitative estimate of drug-likeness (QED) is 0.781. The van der Waals surface area contributed by atoms with Crippen LogP contribution in [0.2, 0.25) is 0 Å². The lowest BCUT2D eigenvalue weighted by atomic mass is 10.1. The highest BCUT2D eigenvalue weighted by Gasteiger charge is 2.25. The molecule has 3 aromatic heterocycles. The maximum absolute atomic E-state index is 5.08. The van der Waals surface area contributed by atoms with Gasteiger partial charge in [-0.05, 0) is 29.6 Å². The zero-order valence-corrected chi connectivity index (χ0v) is 14.3. The Morgan fingerprint density at radius 2 is 2.12 bits per heavy atom. The molecule has 0 radical (unpaired) electrons. The standard InChI is InChI=1S/C18H17N5S/c1-19-18-16(14-6-4-10-24-14)21-15(12-7-9-23(2)11-12)13-5-3-8-20-17(13)22-18/h3-11,16H,1-2H3,(H,19,20,22). The molecule has 0 fully saturated rings. The number of likely N-dealkylation sites (N-methyl/N-ethyl adjacent to an activating group) is 1. The maximum Gasteiger partial charge on any atom is 0.163 e. The molecule has 120 valence electrons. The van der Waals surface area contributed by atoms with Crippen molar-refractivity contribution in [1.82, 2.24) is 14.9 Å². The van der Waals surface area contributed by atoms with Crippen molar-refractivity contribution in [3.63, 3.8) is 0 Å². The number of hydrogen-bond acceptors (Lipinski definition) is 5. The van der Waals surface area contributed by atoms with Crippen LogP contribution in [0.4, 0.5) is 5.82 Å². The molecule has 3 aromatic rings. The number of hydrogen-bond donors (Lipinski definition) is 1. The third-order valence-electron chi connectivity index (χ3n) is 3.96. The summed E-state index contributed by atoms with van der Waals surface area (Å²) in [6.45, 7) is 0. The van der Waals surface area contributed by atoms with E-state index in [-0.39, 0.29) is 6.04 Å². The molecule has 24 heavy (non-hydrogen) atoms. The average molecular weight is 335 g/mol. The summed E-state index contributed by atoms with van der Waals surface area (Å²) in [6, 6.07) is 10.0. The monoisotopic (exact) mass is 335 g/mol. The molecule has 0 bridgehead atoms. The highest BCUT2D eigenvalue weighted by atomic mass is 32.1. The van der Waals surface area contributed by atoms with E-state index in [1.165, 1.54) is 0 Å². The first-order valence-corrected chi connectivity index (χ1v) is 8.59. The Morgan fingerprint density at radius 1 is 1.21 bits per heavy atom. The van der Waals surface area contributed by atoms with Crippen LogP contribution in [0, 0.1) is 0 Å². The number of amidine groups is 1. The molecule has 0 spiro atoms. The van der Waals surface area contributed by atoms with Gasteiger partial charge in [0.2, 0.25) is 0 Å². The van der Waals surface area contributed by atoms with Crippen molar-refractivity contribution in [2.45, 2.75) is 6.04 Å². The fourth-order valence-electron chi connectivity index (χ4n) is 2.82. The summed E-state index contributed by atoms with van der Waals surface area (Å²) in [7, 11) is 3.89. The molecule has 1 N–H and O–H groups in total. The first-order chi connectivity index (χ1) is 11.8. The average Bonchev–Trinajstić information content (AvgIpc) is 3.24. The van der Waals surface area contributed by atoms with E-state index in [2.05, 4.69) is 34.0 Å². The summed E-state index contributed by atoms with van der Waals surface area (Å²) in [5, 5.41) is 5.27. The van der Waals surface area contributed by atoms with Gasteiger partial charge in [0, 0.05) is 48.7 Å². The second kappa shape index (κ2) is 6.05. The van der Waals surface area contributed by atoms with Crippen molar-refractivity contribution < 1.29 is 0 Å². The van der Waals surface area contributed by atoms with Gasteiger partial charge in [0.25, 0.3) is 0 Å². The highest BCUT2D eigenvalue weighted by Crippen LogP contribution is 2.31. The fraction of sp³-hybridized carbons (Fsp3) is 0.167. The Balaban J connectivity index is 1.96. The van der Waals surface area contributed by atoms with Crippen LogP contribution in [-0.4, -0.2) is 28.1 Å². The first kappa shape index (κ1) is 14.8. The van der Waals surface area contributed by atoms with E-state index in [1.807, 2.05) is 43.1 Å². The van der Waals surface area contributed by atoms with Crippen molar-refractivity contribution in [3.8, 4) is 0 Å². The third-order valence-corrected chi connectivity index (χ3v) is 4.88. The van der Waals surface area contributed by atoms with Gasteiger partial charge in [-0.2, -0.15) is 0 Å². The summed E-state index contributed by atoms with van der Waals surface area (Å²) >= 11 is 1.69. The van der Waals surface area contributed by atoms with E-state index in [4.69, 9.17) is 9.98 Å². The lowest BCUT2D eigenvalue weighted by molar-refractivity contribution is 0.921. The zero-order valence-electron chi connectivity index (χ0n) is 13.5. The van der Waals surface area contributed by atoms with Gasteiger partial charge in [-0.3, -0.25) is 4.99 Å². The van der Waals surface area contributed by atoms with Crippen LogP contribution in [0.15, 0.2) is 64.3 Å². The Bertz CT molecular complexity index is 921. The van der Waals surface area contributed by atoms with Gasteiger partial charge in [-0.1, -0.05) is 6.07 Å². The van der Waals surface area contributed by atoms with Crippen LogP contribution in [-0.2, 0) is 7.05 Å². The number of rotatable bonds is 2. The molecule has 1 atom stereocenters.